The Hall–Kier alpha value is -1.61. The third-order valence-electron chi connectivity index (χ3n) is 2.68. The Bertz CT molecular complexity index is 468. The van der Waals surface area contributed by atoms with Crippen LogP contribution in [0, 0.1) is 6.92 Å². The van der Waals surface area contributed by atoms with Crippen molar-refractivity contribution in [2.75, 3.05) is 0 Å². The number of hydrogen-bond donors (Lipinski definition) is 2. The summed E-state index contributed by atoms with van der Waals surface area (Å²) in [4.78, 5) is 0. The molecular weight excluding hydrogens is 210 g/mol. The van der Waals surface area contributed by atoms with Crippen LogP contribution in [0.15, 0.2) is 30.3 Å². The van der Waals surface area contributed by atoms with Crippen molar-refractivity contribution in [1.29, 1.82) is 0 Å². The van der Waals surface area contributed by atoms with Crippen LogP contribution >= 0.6 is 0 Å². The summed E-state index contributed by atoms with van der Waals surface area (Å²) < 4.78 is 0. The van der Waals surface area contributed by atoms with Gasteiger partial charge in [-0.25, -0.2) is 0 Å². The van der Waals surface area contributed by atoms with Gasteiger partial charge in [-0.1, -0.05) is 43.7 Å². The lowest BCUT2D eigenvalue weighted by molar-refractivity contribution is 0.580. The lowest BCUT2D eigenvalue weighted by atomic mass is 10.1. The number of H-pyrrole nitrogens is 1. The molecule has 0 bridgehead atoms. The van der Waals surface area contributed by atoms with Crippen LogP contribution in [-0.4, -0.2) is 16.2 Å². The number of aryl methyl sites for hydroxylation is 1. The maximum Gasteiger partial charge on any atom is 0.0924 e. The van der Waals surface area contributed by atoms with Gasteiger partial charge >= 0.3 is 0 Å². The predicted octanol–water partition coefficient (Wildman–Crippen LogP) is 2.88. The molecule has 0 aliphatic heterocycles. The van der Waals surface area contributed by atoms with Gasteiger partial charge in [-0.3, -0.25) is 5.10 Å². The molecule has 0 aliphatic rings. The second-order valence-electron chi connectivity index (χ2n) is 4.68. The van der Waals surface area contributed by atoms with Crippen LogP contribution in [0.2, 0.25) is 0 Å². The zero-order valence-corrected chi connectivity index (χ0v) is 10.6. The highest BCUT2D eigenvalue weighted by molar-refractivity contribution is 5.59. The molecule has 90 valence electrons. The maximum atomic E-state index is 4.33. The Kier molecular flexibility index (Phi) is 3.59. The van der Waals surface area contributed by atoms with Gasteiger partial charge in [-0.15, -0.1) is 0 Å². The SMILES string of the molecule is Cc1ccc(-c2cc(CNC(C)C)[nH]n2)cc1. The summed E-state index contributed by atoms with van der Waals surface area (Å²) in [5.74, 6) is 0. The monoisotopic (exact) mass is 229 g/mol. The van der Waals surface area contributed by atoms with E-state index in [0.717, 1.165) is 23.5 Å². The van der Waals surface area contributed by atoms with E-state index in [-0.39, 0.29) is 0 Å². The van der Waals surface area contributed by atoms with Crippen LogP contribution in [0.1, 0.15) is 25.1 Å². The van der Waals surface area contributed by atoms with Gasteiger partial charge in [0.1, 0.15) is 0 Å². The summed E-state index contributed by atoms with van der Waals surface area (Å²) in [6, 6.07) is 11.0. The topological polar surface area (TPSA) is 40.7 Å². The van der Waals surface area contributed by atoms with Crippen molar-refractivity contribution in [3.8, 4) is 11.3 Å². The van der Waals surface area contributed by atoms with E-state index in [9.17, 15) is 0 Å². The van der Waals surface area contributed by atoms with Crippen molar-refractivity contribution in [2.24, 2.45) is 0 Å². The van der Waals surface area contributed by atoms with Crippen molar-refractivity contribution in [3.63, 3.8) is 0 Å². The molecule has 0 saturated heterocycles. The Morgan fingerprint density at radius 3 is 2.59 bits per heavy atom. The van der Waals surface area contributed by atoms with Crippen LogP contribution < -0.4 is 5.32 Å². The molecule has 3 heteroatoms. The smallest absolute Gasteiger partial charge is 0.0924 e. The van der Waals surface area contributed by atoms with Crippen molar-refractivity contribution in [1.82, 2.24) is 15.5 Å². The number of aromatic amines is 1. The molecule has 2 N–H and O–H groups in total. The minimum atomic E-state index is 0.487. The molecule has 0 spiro atoms. The van der Waals surface area contributed by atoms with E-state index in [4.69, 9.17) is 0 Å². The highest BCUT2D eigenvalue weighted by Gasteiger charge is 2.03. The summed E-state index contributed by atoms with van der Waals surface area (Å²) in [7, 11) is 0. The fourth-order valence-electron chi connectivity index (χ4n) is 1.64. The Labute approximate surface area is 102 Å². The average Bonchev–Trinajstić information content (AvgIpc) is 2.76. The maximum absolute atomic E-state index is 4.33. The number of aromatic nitrogens is 2. The van der Waals surface area contributed by atoms with Crippen LogP contribution in [-0.2, 0) is 6.54 Å². The van der Waals surface area contributed by atoms with Gasteiger partial charge in [-0.2, -0.15) is 5.10 Å². The quantitative estimate of drug-likeness (QED) is 0.846. The van der Waals surface area contributed by atoms with Gasteiger partial charge in [0.25, 0.3) is 0 Å². The number of benzene rings is 1. The minimum absolute atomic E-state index is 0.487. The molecule has 2 rings (SSSR count). The molecule has 0 atom stereocenters. The zero-order valence-electron chi connectivity index (χ0n) is 10.6. The van der Waals surface area contributed by atoms with Gasteiger partial charge in [0.05, 0.1) is 5.69 Å². The van der Waals surface area contributed by atoms with Gasteiger partial charge in [0.15, 0.2) is 0 Å². The fraction of sp³-hybridized carbons (Fsp3) is 0.357. The lowest BCUT2D eigenvalue weighted by Crippen LogP contribution is -2.21. The van der Waals surface area contributed by atoms with Crippen molar-refractivity contribution >= 4 is 0 Å². The molecule has 2 aromatic rings. The zero-order chi connectivity index (χ0) is 12.3. The van der Waals surface area contributed by atoms with E-state index in [1.54, 1.807) is 0 Å². The standard InChI is InChI=1S/C14H19N3/c1-10(2)15-9-13-8-14(17-16-13)12-6-4-11(3)5-7-12/h4-8,10,15H,9H2,1-3H3,(H,16,17). The fourth-order valence-corrected chi connectivity index (χ4v) is 1.64. The largest absolute Gasteiger partial charge is 0.309 e. The Balaban J connectivity index is 2.10. The first-order chi connectivity index (χ1) is 8.15. The van der Waals surface area contributed by atoms with Gasteiger partial charge in [-0.05, 0) is 13.0 Å². The molecule has 0 amide bonds. The summed E-state index contributed by atoms with van der Waals surface area (Å²) in [6.07, 6.45) is 0. The van der Waals surface area contributed by atoms with E-state index in [0.29, 0.717) is 6.04 Å². The third kappa shape index (κ3) is 3.17. The van der Waals surface area contributed by atoms with Crippen LogP contribution in [0.25, 0.3) is 11.3 Å². The molecule has 0 unspecified atom stereocenters. The van der Waals surface area contributed by atoms with Gasteiger partial charge < -0.3 is 5.32 Å². The number of nitrogens with zero attached hydrogens (tertiary/aromatic N) is 1. The highest BCUT2D eigenvalue weighted by atomic mass is 15.1. The normalized spacial score (nSPS) is 11.1. The summed E-state index contributed by atoms with van der Waals surface area (Å²) in [5.41, 5.74) is 4.55. The van der Waals surface area contributed by atoms with Crippen molar-refractivity contribution in [3.05, 3.63) is 41.6 Å². The van der Waals surface area contributed by atoms with Gasteiger partial charge in [0, 0.05) is 23.8 Å². The molecule has 0 aliphatic carbocycles. The van der Waals surface area contributed by atoms with Crippen LogP contribution in [0.5, 0.6) is 0 Å². The molecule has 0 saturated carbocycles. The molecule has 17 heavy (non-hydrogen) atoms. The Morgan fingerprint density at radius 2 is 1.94 bits per heavy atom. The van der Waals surface area contributed by atoms with E-state index in [1.165, 1.54) is 5.56 Å². The number of hydrogen-bond acceptors (Lipinski definition) is 2. The van der Waals surface area contributed by atoms with E-state index in [1.807, 2.05) is 0 Å². The molecule has 3 nitrogen and oxygen atoms in total. The molecule has 1 aromatic carbocycles. The summed E-state index contributed by atoms with van der Waals surface area (Å²) in [5, 5.41) is 10.8. The second kappa shape index (κ2) is 5.15. The first-order valence-corrected chi connectivity index (χ1v) is 6.00. The van der Waals surface area contributed by atoms with Crippen LogP contribution in [0.4, 0.5) is 0 Å². The highest BCUT2D eigenvalue weighted by Crippen LogP contribution is 2.18. The van der Waals surface area contributed by atoms with E-state index in [2.05, 4.69) is 66.6 Å². The molecular formula is C14H19N3. The van der Waals surface area contributed by atoms with E-state index >= 15 is 0 Å². The molecule has 1 heterocycles. The summed E-state index contributed by atoms with van der Waals surface area (Å²) in [6.45, 7) is 7.19. The van der Waals surface area contributed by atoms with Crippen molar-refractivity contribution in [2.45, 2.75) is 33.4 Å². The second-order valence-corrected chi connectivity index (χ2v) is 4.68. The first kappa shape index (κ1) is 11.9. The minimum Gasteiger partial charge on any atom is -0.309 e. The van der Waals surface area contributed by atoms with E-state index < -0.39 is 0 Å². The first-order valence-electron chi connectivity index (χ1n) is 6.00. The van der Waals surface area contributed by atoms with Crippen LogP contribution in [0.3, 0.4) is 0 Å². The predicted molar refractivity (Wildman–Crippen MR) is 70.7 cm³/mol. The molecule has 1 aromatic heterocycles. The molecule has 0 fully saturated rings. The lowest BCUT2D eigenvalue weighted by Gasteiger charge is -2.04. The van der Waals surface area contributed by atoms with Crippen molar-refractivity contribution < 1.29 is 0 Å². The number of nitrogens with one attached hydrogen (secondary N) is 2. The number of rotatable bonds is 4. The molecule has 0 radical (unpaired) electrons. The van der Waals surface area contributed by atoms with Gasteiger partial charge in [0.2, 0.25) is 0 Å². The average molecular weight is 229 g/mol. The summed E-state index contributed by atoms with van der Waals surface area (Å²) >= 11 is 0. The Morgan fingerprint density at radius 1 is 1.24 bits per heavy atom. The third-order valence-corrected chi connectivity index (χ3v) is 2.68.